The van der Waals surface area contributed by atoms with E-state index >= 15 is 0 Å². The summed E-state index contributed by atoms with van der Waals surface area (Å²) in [6, 6.07) is 0. The van der Waals surface area contributed by atoms with E-state index in [1.165, 1.54) is 12.7 Å². The van der Waals surface area contributed by atoms with Crippen LogP contribution in [0.4, 0.5) is 0 Å². The van der Waals surface area contributed by atoms with E-state index in [-0.39, 0.29) is 5.41 Å². The van der Waals surface area contributed by atoms with Gasteiger partial charge in [-0.05, 0) is 80.8 Å². The maximum absolute atomic E-state index is 12.0. The Balaban J connectivity index is 1.76. The molecule has 3 aliphatic carbocycles. The lowest BCUT2D eigenvalue weighted by atomic mass is 9.62. The average molecular weight is 471 g/mol. The van der Waals surface area contributed by atoms with Crippen LogP contribution < -0.4 is 0 Å². The van der Waals surface area contributed by atoms with Crippen molar-refractivity contribution < 1.29 is 24.9 Å². The Bertz CT molecular complexity index is 907. The predicted molar refractivity (Wildman–Crippen MR) is 135 cm³/mol. The van der Waals surface area contributed by atoms with E-state index in [1.807, 2.05) is 6.08 Å². The third-order valence-corrected chi connectivity index (χ3v) is 8.62. The first-order valence-corrected chi connectivity index (χ1v) is 12.5. The molecule has 3 aliphatic rings. The number of esters is 1. The van der Waals surface area contributed by atoms with Gasteiger partial charge in [-0.1, -0.05) is 55.5 Å². The molecule has 5 nitrogen and oxygen atoms in total. The lowest BCUT2D eigenvalue weighted by molar-refractivity contribution is -0.155. The van der Waals surface area contributed by atoms with Crippen molar-refractivity contribution in [1.29, 1.82) is 0 Å². The second-order valence-corrected chi connectivity index (χ2v) is 11.2. The van der Waals surface area contributed by atoms with Gasteiger partial charge < -0.3 is 20.1 Å². The van der Waals surface area contributed by atoms with Gasteiger partial charge in [0.1, 0.15) is 0 Å². The molecule has 0 spiro atoms. The molecule has 0 saturated heterocycles. The minimum atomic E-state index is -1.02. The van der Waals surface area contributed by atoms with Crippen LogP contribution >= 0.6 is 0 Å². The zero-order chi connectivity index (χ0) is 25.3. The van der Waals surface area contributed by atoms with Gasteiger partial charge in [0.2, 0.25) is 0 Å². The molecule has 3 rings (SSSR count). The second-order valence-electron chi connectivity index (χ2n) is 11.2. The highest BCUT2D eigenvalue weighted by atomic mass is 16.5. The Morgan fingerprint density at radius 3 is 2.65 bits per heavy atom. The van der Waals surface area contributed by atoms with Gasteiger partial charge in [0.15, 0.2) is 0 Å². The lowest BCUT2D eigenvalue weighted by Crippen LogP contribution is -2.37. The van der Waals surface area contributed by atoms with E-state index < -0.39 is 29.7 Å². The average Bonchev–Trinajstić information content (AvgIpc) is 3.15. The summed E-state index contributed by atoms with van der Waals surface area (Å²) in [5.41, 5.74) is 3.15. The van der Waals surface area contributed by atoms with Gasteiger partial charge in [-0.3, -0.25) is 4.79 Å². The van der Waals surface area contributed by atoms with Gasteiger partial charge in [0.25, 0.3) is 0 Å². The number of methoxy groups -OCH3 is 1. The number of ether oxygens (including phenoxy) is 1. The SMILES string of the molecule is C=C(/C=C/[C@H](O)C(C)(C)C(=O)OC)[C@H]1CC[C@H]2/C(=C/C=C3/C[C@@H](O)C[C@H](O)C3=C)CCC[C@]12C. The smallest absolute Gasteiger partial charge is 0.314 e. The summed E-state index contributed by atoms with van der Waals surface area (Å²) in [5.74, 6) is 0.322. The molecule has 0 bridgehead atoms. The van der Waals surface area contributed by atoms with Crippen LogP contribution in [-0.2, 0) is 9.53 Å². The highest BCUT2D eigenvalue weighted by molar-refractivity contribution is 5.76. The van der Waals surface area contributed by atoms with Crippen LogP contribution in [-0.4, -0.2) is 46.7 Å². The topological polar surface area (TPSA) is 87.0 Å². The number of hydrogen-bond donors (Lipinski definition) is 3. The first-order chi connectivity index (χ1) is 15.9. The third-order valence-electron chi connectivity index (χ3n) is 8.62. The number of carbonyl (C=O) groups is 1. The normalized spacial score (nSPS) is 35.6. The molecule has 0 unspecified atom stereocenters. The van der Waals surface area contributed by atoms with Crippen molar-refractivity contribution in [2.24, 2.45) is 22.7 Å². The van der Waals surface area contributed by atoms with Crippen LogP contribution in [0.5, 0.6) is 0 Å². The first kappa shape index (κ1) is 26.7. The van der Waals surface area contributed by atoms with Gasteiger partial charge in [-0.25, -0.2) is 0 Å². The van der Waals surface area contributed by atoms with Gasteiger partial charge in [-0.2, -0.15) is 0 Å². The monoisotopic (exact) mass is 470 g/mol. The van der Waals surface area contributed by atoms with Crippen LogP contribution in [0.25, 0.3) is 0 Å². The number of carbonyl (C=O) groups excluding carboxylic acids is 1. The number of allylic oxidation sites excluding steroid dienone is 5. The maximum atomic E-state index is 12.0. The molecule has 6 atom stereocenters. The minimum absolute atomic E-state index is 0.0927. The fourth-order valence-electron chi connectivity index (χ4n) is 6.27. The van der Waals surface area contributed by atoms with Gasteiger partial charge >= 0.3 is 5.97 Å². The molecule has 0 radical (unpaired) electrons. The highest BCUT2D eigenvalue weighted by Crippen LogP contribution is 2.59. The van der Waals surface area contributed by atoms with Crippen LogP contribution in [0.1, 0.15) is 65.7 Å². The summed E-state index contributed by atoms with van der Waals surface area (Å²) in [5, 5.41) is 30.8. The van der Waals surface area contributed by atoms with Crippen molar-refractivity contribution in [2.45, 2.75) is 84.0 Å². The molecule has 3 fully saturated rings. The molecule has 3 N–H and O–H groups in total. The summed E-state index contributed by atoms with van der Waals surface area (Å²) in [7, 11) is 1.33. The van der Waals surface area contributed by atoms with Gasteiger partial charge in [0.05, 0.1) is 30.8 Å². The van der Waals surface area contributed by atoms with E-state index in [4.69, 9.17) is 4.74 Å². The van der Waals surface area contributed by atoms with E-state index in [1.54, 1.807) is 19.9 Å². The third kappa shape index (κ3) is 5.17. The molecule has 0 heterocycles. The van der Waals surface area contributed by atoms with Crippen LogP contribution in [0.15, 0.2) is 59.8 Å². The molecule has 0 aromatic heterocycles. The van der Waals surface area contributed by atoms with E-state index in [9.17, 15) is 20.1 Å². The summed E-state index contributed by atoms with van der Waals surface area (Å²) >= 11 is 0. The number of rotatable bonds is 6. The van der Waals surface area contributed by atoms with E-state index in [0.29, 0.717) is 24.7 Å². The van der Waals surface area contributed by atoms with Crippen molar-refractivity contribution in [3.8, 4) is 0 Å². The van der Waals surface area contributed by atoms with Crippen molar-refractivity contribution >= 4 is 5.97 Å². The summed E-state index contributed by atoms with van der Waals surface area (Å²) in [6.07, 6.45) is 12.0. The Labute approximate surface area is 204 Å². The number of hydrogen-bond acceptors (Lipinski definition) is 5. The molecule has 0 aromatic carbocycles. The molecular weight excluding hydrogens is 428 g/mol. The zero-order valence-electron chi connectivity index (χ0n) is 21.2. The fourth-order valence-corrected chi connectivity index (χ4v) is 6.27. The highest BCUT2D eigenvalue weighted by Gasteiger charge is 2.49. The molecule has 34 heavy (non-hydrogen) atoms. The van der Waals surface area contributed by atoms with Gasteiger partial charge in [-0.15, -0.1) is 0 Å². The van der Waals surface area contributed by atoms with Crippen LogP contribution in [0.3, 0.4) is 0 Å². The molecule has 0 aromatic rings. The van der Waals surface area contributed by atoms with Crippen molar-refractivity contribution in [2.75, 3.05) is 7.11 Å². The standard InChI is InChI=1S/C29H42O5/c1-18(9-14-26(32)28(3,4)27(33)34-6)23-12-13-24-20(8-7-15-29(23,24)5)10-11-21-16-22(30)17-25(31)19(21)2/h9-11,14,22-26,30-32H,1-2,7-8,12-13,15-17H2,3-6H3/b14-9+,20-10+,21-11-/t22-,23-,24+,25+,26+,29-/m1/s1. The zero-order valence-corrected chi connectivity index (χ0v) is 21.2. The van der Waals surface area contributed by atoms with Crippen molar-refractivity contribution in [3.05, 3.63) is 59.8 Å². The first-order valence-electron chi connectivity index (χ1n) is 12.5. The molecule has 0 aliphatic heterocycles. The Hall–Kier alpha value is -1.95. The molecule has 0 amide bonds. The Morgan fingerprint density at radius 2 is 1.97 bits per heavy atom. The number of fused-ring (bicyclic) bond motifs is 1. The van der Waals surface area contributed by atoms with Gasteiger partial charge in [0, 0.05) is 6.42 Å². The summed E-state index contributed by atoms with van der Waals surface area (Å²) in [6.45, 7) is 14.1. The number of aliphatic hydroxyl groups excluding tert-OH is 3. The second kappa shape index (κ2) is 10.3. The molecular formula is C29H42O5. The van der Waals surface area contributed by atoms with E-state index in [0.717, 1.165) is 48.8 Å². The minimum Gasteiger partial charge on any atom is -0.469 e. The van der Waals surface area contributed by atoms with Crippen LogP contribution in [0, 0.1) is 22.7 Å². The van der Waals surface area contributed by atoms with Crippen molar-refractivity contribution in [1.82, 2.24) is 0 Å². The largest absolute Gasteiger partial charge is 0.469 e. The lowest BCUT2D eigenvalue weighted by Gasteiger charge is -2.42. The molecule has 188 valence electrons. The molecule has 5 heteroatoms. The summed E-state index contributed by atoms with van der Waals surface area (Å²) in [4.78, 5) is 12.0. The molecule has 3 saturated carbocycles. The fraction of sp³-hybridized carbons (Fsp3) is 0.621. The number of aliphatic hydroxyl groups is 3. The van der Waals surface area contributed by atoms with E-state index in [2.05, 4.69) is 32.2 Å². The predicted octanol–water partition coefficient (Wildman–Crippen LogP) is 4.80. The maximum Gasteiger partial charge on any atom is 0.314 e. The Morgan fingerprint density at radius 1 is 1.26 bits per heavy atom. The van der Waals surface area contributed by atoms with Crippen LogP contribution in [0.2, 0.25) is 0 Å². The van der Waals surface area contributed by atoms with Crippen molar-refractivity contribution in [3.63, 3.8) is 0 Å². The quantitative estimate of drug-likeness (QED) is 0.383. The summed E-state index contributed by atoms with van der Waals surface area (Å²) < 4.78 is 4.83. The Kier molecular flexibility index (Phi) is 8.11.